The van der Waals surface area contributed by atoms with Crippen LogP contribution in [0.4, 0.5) is 0 Å². The molecule has 3 rings (SSSR count). The second-order valence-corrected chi connectivity index (χ2v) is 3.91. The molecule has 0 radical (unpaired) electrons. The monoisotopic (exact) mass is 234 g/mol. The van der Waals surface area contributed by atoms with Gasteiger partial charge in [-0.3, -0.25) is 4.79 Å². The van der Waals surface area contributed by atoms with Gasteiger partial charge in [-0.1, -0.05) is 17.3 Å². The van der Waals surface area contributed by atoms with E-state index in [4.69, 9.17) is 16.3 Å². The predicted octanol–water partition coefficient (Wildman–Crippen LogP) is 2.45. The van der Waals surface area contributed by atoms with Crippen molar-refractivity contribution in [3.05, 3.63) is 40.3 Å². The zero-order valence-electron chi connectivity index (χ0n) is 8.40. The second kappa shape index (κ2) is 3.09. The second-order valence-electron chi connectivity index (χ2n) is 3.58. The van der Waals surface area contributed by atoms with Crippen molar-refractivity contribution >= 4 is 33.6 Å². The molecule has 0 spiro atoms. The van der Waals surface area contributed by atoms with Crippen molar-refractivity contribution in [1.82, 2.24) is 9.24 Å². The molecule has 2 heterocycles. The maximum Gasteiger partial charge on any atom is 0.278 e. The van der Waals surface area contributed by atoms with E-state index in [1.165, 1.54) is 0 Å². The molecule has 0 fully saturated rings. The summed E-state index contributed by atoms with van der Waals surface area (Å²) >= 11 is 5.97. The van der Waals surface area contributed by atoms with Crippen LogP contribution in [0.15, 0.2) is 33.6 Å². The Labute approximate surface area is 95.1 Å². The molecular formula is C11H7ClN2O2. The molecule has 0 aliphatic heterocycles. The lowest BCUT2D eigenvalue weighted by Gasteiger charge is -2.01. The van der Waals surface area contributed by atoms with Crippen molar-refractivity contribution in [2.24, 2.45) is 0 Å². The molecule has 0 N–H and O–H groups in total. The van der Waals surface area contributed by atoms with Gasteiger partial charge in [0.1, 0.15) is 5.39 Å². The number of benzene rings is 1. The van der Waals surface area contributed by atoms with Gasteiger partial charge in [-0.05, 0) is 19.1 Å². The number of hydrogen-bond donors (Lipinski definition) is 0. The van der Waals surface area contributed by atoms with Crippen molar-refractivity contribution in [3.63, 3.8) is 0 Å². The van der Waals surface area contributed by atoms with Crippen LogP contribution in [0.25, 0.3) is 21.9 Å². The van der Waals surface area contributed by atoms with Gasteiger partial charge < -0.3 is 4.52 Å². The highest BCUT2D eigenvalue weighted by Crippen LogP contribution is 2.24. The van der Waals surface area contributed by atoms with Crippen molar-refractivity contribution < 1.29 is 4.52 Å². The summed E-state index contributed by atoms with van der Waals surface area (Å²) in [5, 5.41) is 5.02. The van der Waals surface area contributed by atoms with Crippen LogP contribution in [0.1, 0.15) is 5.69 Å². The van der Waals surface area contributed by atoms with E-state index < -0.39 is 0 Å². The third kappa shape index (κ3) is 1.05. The molecule has 16 heavy (non-hydrogen) atoms. The summed E-state index contributed by atoms with van der Waals surface area (Å²) < 4.78 is 6.27. The lowest BCUT2D eigenvalue weighted by Crippen LogP contribution is -2.13. The van der Waals surface area contributed by atoms with E-state index in [9.17, 15) is 4.79 Å². The van der Waals surface area contributed by atoms with Crippen molar-refractivity contribution in [2.45, 2.75) is 6.92 Å². The van der Waals surface area contributed by atoms with Crippen molar-refractivity contribution in [1.29, 1.82) is 0 Å². The summed E-state index contributed by atoms with van der Waals surface area (Å²) in [4.78, 5) is 12.0. The van der Waals surface area contributed by atoms with E-state index in [0.29, 0.717) is 22.2 Å². The Balaban J connectivity index is 2.76. The number of hydrogen-bond acceptors (Lipinski definition) is 3. The number of para-hydroxylation sites is 1. The van der Waals surface area contributed by atoms with Gasteiger partial charge in [-0.15, -0.1) is 0 Å². The number of rotatable bonds is 0. The number of aromatic nitrogens is 2. The van der Waals surface area contributed by atoms with Crippen LogP contribution in [-0.2, 0) is 0 Å². The summed E-state index contributed by atoms with van der Waals surface area (Å²) in [5.74, 6) is 0. The highest BCUT2D eigenvalue weighted by atomic mass is 35.5. The molecule has 0 atom stereocenters. The number of pyridine rings is 1. The number of nitrogens with zero attached hydrogens (tertiary/aromatic N) is 2. The van der Waals surface area contributed by atoms with Crippen LogP contribution >= 0.6 is 11.8 Å². The standard InChI is InChI=1S/C11H7ClN2O2/c1-6-9-10(16-13-6)7-4-2-3-5-8(7)14(12)11(9)15/h2-5H,1H3. The fourth-order valence-electron chi connectivity index (χ4n) is 1.85. The molecule has 0 saturated heterocycles. The van der Waals surface area contributed by atoms with Crippen LogP contribution in [0, 0.1) is 6.92 Å². The SMILES string of the molecule is Cc1noc2c1c(=O)n(Cl)c1ccccc21. The molecule has 0 unspecified atom stereocenters. The third-order valence-corrected chi connectivity index (χ3v) is 2.95. The van der Waals surface area contributed by atoms with Crippen molar-refractivity contribution in [2.75, 3.05) is 0 Å². The molecule has 0 aliphatic rings. The van der Waals surface area contributed by atoms with E-state index in [0.717, 1.165) is 9.47 Å². The Kier molecular flexibility index (Phi) is 1.82. The average molecular weight is 235 g/mol. The molecular weight excluding hydrogens is 228 g/mol. The van der Waals surface area contributed by atoms with E-state index >= 15 is 0 Å². The molecule has 0 aliphatic carbocycles. The summed E-state index contributed by atoms with van der Waals surface area (Å²) in [7, 11) is 0. The summed E-state index contributed by atoms with van der Waals surface area (Å²) in [5.41, 5.74) is 1.38. The first kappa shape index (κ1) is 9.42. The molecule has 2 aromatic heterocycles. The molecule has 3 aromatic rings. The third-order valence-electron chi connectivity index (χ3n) is 2.62. The van der Waals surface area contributed by atoms with Crippen molar-refractivity contribution in [3.8, 4) is 0 Å². The van der Waals surface area contributed by atoms with Gasteiger partial charge in [-0.25, -0.2) is 4.09 Å². The Morgan fingerprint density at radius 1 is 1.38 bits per heavy atom. The first-order valence-corrected chi connectivity index (χ1v) is 5.10. The number of aryl methyl sites for hydroxylation is 1. The minimum atomic E-state index is -0.297. The van der Waals surface area contributed by atoms with Crippen LogP contribution in [-0.4, -0.2) is 9.24 Å². The Morgan fingerprint density at radius 2 is 2.12 bits per heavy atom. The van der Waals surface area contributed by atoms with Gasteiger partial charge in [0.15, 0.2) is 5.58 Å². The van der Waals surface area contributed by atoms with E-state index in [2.05, 4.69) is 5.16 Å². The highest BCUT2D eigenvalue weighted by Gasteiger charge is 2.15. The molecule has 0 saturated carbocycles. The maximum absolute atomic E-state index is 12.0. The highest BCUT2D eigenvalue weighted by molar-refractivity contribution is 6.21. The molecule has 0 bridgehead atoms. The van der Waals surface area contributed by atoms with Crippen LogP contribution in [0.5, 0.6) is 0 Å². The predicted molar refractivity (Wildman–Crippen MR) is 61.8 cm³/mol. The number of halogens is 1. The minimum absolute atomic E-state index is 0.297. The first-order chi connectivity index (χ1) is 7.70. The largest absolute Gasteiger partial charge is 0.355 e. The van der Waals surface area contributed by atoms with Gasteiger partial charge >= 0.3 is 0 Å². The molecule has 4 nitrogen and oxygen atoms in total. The quantitative estimate of drug-likeness (QED) is 0.600. The molecule has 80 valence electrons. The van der Waals surface area contributed by atoms with Crippen LogP contribution in [0.2, 0.25) is 0 Å². The Bertz CT molecular complexity index is 758. The van der Waals surface area contributed by atoms with E-state index in [-0.39, 0.29) is 5.56 Å². The molecule has 0 amide bonds. The fraction of sp³-hybridized carbons (Fsp3) is 0.0909. The summed E-state index contributed by atoms with van der Waals surface area (Å²) in [6.07, 6.45) is 0. The van der Waals surface area contributed by atoms with Crippen LogP contribution < -0.4 is 5.56 Å². The number of fused-ring (bicyclic) bond motifs is 3. The zero-order valence-corrected chi connectivity index (χ0v) is 9.15. The fourth-order valence-corrected chi connectivity index (χ4v) is 2.08. The summed E-state index contributed by atoms with van der Waals surface area (Å²) in [6, 6.07) is 7.29. The van der Waals surface area contributed by atoms with Gasteiger partial charge in [0.2, 0.25) is 0 Å². The van der Waals surface area contributed by atoms with E-state index in [1.807, 2.05) is 18.2 Å². The average Bonchev–Trinajstić information content (AvgIpc) is 2.69. The smallest absolute Gasteiger partial charge is 0.278 e. The lowest BCUT2D eigenvalue weighted by atomic mass is 10.1. The lowest BCUT2D eigenvalue weighted by molar-refractivity contribution is 0.452. The minimum Gasteiger partial charge on any atom is -0.355 e. The van der Waals surface area contributed by atoms with Gasteiger partial charge in [0.25, 0.3) is 5.56 Å². The Morgan fingerprint density at radius 3 is 2.94 bits per heavy atom. The first-order valence-electron chi connectivity index (χ1n) is 4.76. The maximum atomic E-state index is 12.0. The molecule has 1 aromatic carbocycles. The van der Waals surface area contributed by atoms with Gasteiger partial charge in [0, 0.05) is 17.2 Å². The van der Waals surface area contributed by atoms with Gasteiger partial charge in [-0.2, -0.15) is 0 Å². The normalized spacial score (nSPS) is 11.4. The topological polar surface area (TPSA) is 48.0 Å². The van der Waals surface area contributed by atoms with E-state index in [1.54, 1.807) is 13.0 Å². The van der Waals surface area contributed by atoms with Crippen LogP contribution in [0.3, 0.4) is 0 Å². The van der Waals surface area contributed by atoms with Gasteiger partial charge in [0.05, 0.1) is 11.2 Å². The molecule has 5 heteroatoms. The Hall–Kier alpha value is -1.81. The zero-order chi connectivity index (χ0) is 11.3. The summed E-state index contributed by atoms with van der Waals surface area (Å²) in [6.45, 7) is 1.72.